The van der Waals surface area contributed by atoms with Crippen LogP contribution in [0.15, 0.2) is 18.2 Å². The molecule has 1 spiro atoms. The lowest BCUT2D eigenvalue weighted by molar-refractivity contribution is -0.139. The number of benzene rings is 1. The molecule has 1 saturated carbocycles. The minimum absolute atomic E-state index is 0.000477. The summed E-state index contributed by atoms with van der Waals surface area (Å²) >= 11 is 0. The molecule has 3 fully saturated rings. The van der Waals surface area contributed by atoms with Crippen LogP contribution in [0.5, 0.6) is 0 Å². The Labute approximate surface area is 155 Å². The van der Waals surface area contributed by atoms with E-state index in [1.165, 1.54) is 18.4 Å². The fourth-order valence-corrected chi connectivity index (χ4v) is 4.44. The third-order valence-corrected chi connectivity index (χ3v) is 6.64. The maximum Gasteiger partial charge on any atom is 0.321 e. The molecule has 0 aromatic heterocycles. The molecular formula is C21H29N3O2. The molecular weight excluding hydrogens is 326 g/mol. The average molecular weight is 355 g/mol. The van der Waals surface area contributed by atoms with Crippen molar-refractivity contribution in [3.05, 3.63) is 29.3 Å². The van der Waals surface area contributed by atoms with Gasteiger partial charge in [-0.1, -0.05) is 12.1 Å². The highest BCUT2D eigenvalue weighted by Gasteiger charge is 2.45. The molecule has 4 rings (SSSR count). The number of piperidine rings is 2. The Kier molecular flexibility index (Phi) is 4.41. The second-order valence-electron chi connectivity index (χ2n) is 8.42. The summed E-state index contributed by atoms with van der Waals surface area (Å²) in [6, 6.07) is 6.51. The van der Waals surface area contributed by atoms with Gasteiger partial charge in [0.25, 0.3) is 0 Å². The lowest BCUT2D eigenvalue weighted by Gasteiger charge is -2.47. The van der Waals surface area contributed by atoms with Crippen LogP contribution in [0.3, 0.4) is 0 Å². The minimum Gasteiger partial charge on any atom is -0.339 e. The van der Waals surface area contributed by atoms with E-state index in [0.717, 1.165) is 50.1 Å². The maximum atomic E-state index is 12.7. The van der Waals surface area contributed by atoms with Crippen LogP contribution in [0.25, 0.3) is 0 Å². The third kappa shape index (κ3) is 3.31. The van der Waals surface area contributed by atoms with E-state index in [0.29, 0.717) is 18.4 Å². The highest BCUT2D eigenvalue weighted by atomic mass is 16.2. The zero-order valence-corrected chi connectivity index (χ0v) is 15.9. The summed E-state index contributed by atoms with van der Waals surface area (Å²) < 4.78 is 0. The van der Waals surface area contributed by atoms with E-state index < -0.39 is 0 Å². The Morgan fingerprint density at radius 2 is 1.88 bits per heavy atom. The molecule has 3 amide bonds. The lowest BCUT2D eigenvalue weighted by Crippen LogP contribution is -2.53. The van der Waals surface area contributed by atoms with Crippen LogP contribution in [0.4, 0.5) is 10.5 Å². The summed E-state index contributed by atoms with van der Waals surface area (Å²) in [6.07, 6.45) is 6.03. The molecule has 0 radical (unpaired) electrons. The van der Waals surface area contributed by atoms with Crippen molar-refractivity contribution in [3.63, 3.8) is 0 Å². The van der Waals surface area contributed by atoms with Gasteiger partial charge in [-0.25, -0.2) is 4.79 Å². The summed E-state index contributed by atoms with van der Waals surface area (Å²) in [4.78, 5) is 28.9. The van der Waals surface area contributed by atoms with E-state index in [1.54, 1.807) is 0 Å². The van der Waals surface area contributed by atoms with Gasteiger partial charge >= 0.3 is 6.03 Å². The number of likely N-dealkylation sites (tertiary alicyclic amines) is 2. The van der Waals surface area contributed by atoms with E-state index >= 15 is 0 Å². The first-order valence-corrected chi connectivity index (χ1v) is 9.89. The molecule has 1 aromatic rings. The predicted molar refractivity (Wildman–Crippen MR) is 102 cm³/mol. The fraction of sp³-hybridized carbons (Fsp3) is 0.619. The molecule has 1 N–H and O–H groups in total. The molecule has 2 saturated heterocycles. The highest BCUT2D eigenvalue weighted by molar-refractivity contribution is 5.90. The molecule has 0 atom stereocenters. The van der Waals surface area contributed by atoms with Crippen molar-refractivity contribution in [2.75, 3.05) is 25.0 Å². The van der Waals surface area contributed by atoms with Crippen molar-refractivity contribution in [2.45, 2.75) is 58.4 Å². The molecule has 2 heterocycles. The standard InChI is InChI=1S/C21H29N3O2/c1-15-4-3-5-18(16(15)2)22-20(26)23-12-10-21(11-13-23)9-8-19(25)24(14-21)17-6-7-17/h3-5,17H,6-14H2,1-2H3,(H,22,26). The number of aryl methyl sites for hydroxylation is 1. The zero-order valence-electron chi connectivity index (χ0n) is 15.9. The molecule has 1 aromatic carbocycles. The van der Waals surface area contributed by atoms with Gasteiger partial charge in [-0.3, -0.25) is 4.79 Å². The van der Waals surface area contributed by atoms with Crippen molar-refractivity contribution in [1.82, 2.24) is 9.80 Å². The van der Waals surface area contributed by atoms with Gasteiger partial charge in [0.2, 0.25) is 5.91 Å². The molecule has 5 nitrogen and oxygen atoms in total. The summed E-state index contributed by atoms with van der Waals surface area (Å²) in [6.45, 7) is 6.57. The smallest absolute Gasteiger partial charge is 0.321 e. The van der Waals surface area contributed by atoms with Crippen LogP contribution in [0, 0.1) is 19.3 Å². The predicted octanol–water partition coefficient (Wildman–Crippen LogP) is 3.70. The number of urea groups is 1. The number of nitrogens with one attached hydrogen (secondary N) is 1. The Morgan fingerprint density at radius 3 is 2.58 bits per heavy atom. The second-order valence-corrected chi connectivity index (χ2v) is 8.42. The molecule has 140 valence electrons. The number of amides is 3. The molecule has 1 aliphatic carbocycles. The van der Waals surface area contributed by atoms with E-state index in [9.17, 15) is 9.59 Å². The minimum atomic E-state index is -0.000477. The number of carbonyl (C=O) groups excluding carboxylic acids is 2. The lowest BCUT2D eigenvalue weighted by atomic mass is 9.72. The van der Waals surface area contributed by atoms with Crippen LogP contribution in [-0.4, -0.2) is 47.4 Å². The van der Waals surface area contributed by atoms with Gasteiger partial charge in [0.15, 0.2) is 0 Å². The van der Waals surface area contributed by atoms with Crippen LogP contribution in [-0.2, 0) is 4.79 Å². The Bertz CT molecular complexity index is 718. The summed E-state index contributed by atoms with van der Waals surface area (Å²) in [5, 5.41) is 3.08. The van der Waals surface area contributed by atoms with Crippen LogP contribution >= 0.6 is 0 Å². The number of hydrogen-bond donors (Lipinski definition) is 1. The fourth-order valence-electron chi connectivity index (χ4n) is 4.44. The first kappa shape index (κ1) is 17.4. The molecule has 0 bridgehead atoms. The molecule has 3 aliphatic rings. The van der Waals surface area contributed by atoms with Crippen molar-refractivity contribution in [3.8, 4) is 0 Å². The number of hydrogen-bond acceptors (Lipinski definition) is 2. The molecule has 2 aliphatic heterocycles. The zero-order chi connectivity index (χ0) is 18.3. The first-order chi connectivity index (χ1) is 12.5. The topological polar surface area (TPSA) is 52.7 Å². The summed E-state index contributed by atoms with van der Waals surface area (Å²) in [5.41, 5.74) is 3.44. The molecule has 26 heavy (non-hydrogen) atoms. The maximum absolute atomic E-state index is 12.7. The first-order valence-electron chi connectivity index (χ1n) is 9.89. The van der Waals surface area contributed by atoms with Gasteiger partial charge in [-0.05, 0) is 68.6 Å². The largest absolute Gasteiger partial charge is 0.339 e. The van der Waals surface area contributed by atoms with E-state index in [4.69, 9.17) is 0 Å². The van der Waals surface area contributed by atoms with Gasteiger partial charge in [0, 0.05) is 37.8 Å². The Balaban J connectivity index is 1.36. The monoisotopic (exact) mass is 355 g/mol. The summed E-state index contributed by atoms with van der Waals surface area (Å²) in [7, 11) is 0. The van der Waals surface area contributed by atoms with Crippen LogP contribution in [0.2, 0.25) is 0 Å². The quantitative estimate of drug-likeness (QED) is 0.879. The highest BCUT2D eigenvalue weighted by Crippen LogP contribution is 2.43. The Morgan fingerprint density at radius 1 is 1.15 bits per heavy atom. The van der Waals surface area contributed by atoms with Gasteiger partial charge in [-0.2, -0.15) is 0 Å². The van der Waals surface area contributed by atoms with E-state index in [1.807, 2.05) is 24.0 Å². The number of nitrogens with zero attached hydrogens (tertiary/aromatic N) is 2. The summed E-state index contributed by atoms with van der Waals surface area (Å²) in [5.74, 6) is 0.341. The van der Waals surface area contributed by atoms with Crippen molar-refractivity contribution < 1.29 is 9.59 Å². The van der Waals surface area contributed by atoms with Crippen LogP contribution < -0.4 is 5.32 Å². The Hall–Kier alpha value is -2.04. The van der Waals surface area contributed by atoms with Gasteiger partial charge < -0.3 is 15.1 Å². The van der Waals surface area contributed by atoms with Crippen molar-refractivity contribution in [2.24, 2.45) is 5.41 Å². The molecule has 0 unspecified atom stereocenters. The second kappa shape index (κ2) is 6.60. The van der Waals surface area contributed by atoms with Gasteiger partial charge in [0.05, 0.1) is 0 Å². The van der Waals surface area contributed by atoms with Gasteiger partial charge in [0.1, 0.15) is 0 Å². The normalized spacial score (nSPS) is 22.6. The number of anilines is 1. The van der Waals surface area contributed by atoms with E-state index in [-0.39, 0.29) is 11.4 Å². The van der Waals surface area contributed by atoms with Crippen molar-refractivity contribution in [1.29, 1.82) is 0 Å². The van der Waals surface area contributed by atoms with Crippen molar-refractivity contribution >= 4 is 17.6 Å². The average Bonchev–Trinajstić information content (AvgIpc) is 3.47. The SMILES string of the molecule is Cc1cccc(NC(=O)N2CCC3(CCC(=O)N(C4CC4)C3)CC2)c1C. The third-order valence-electron chi connectivity index (χ3n) is 6.64. The molecule has 5 heteroatoms. The number of rotatable bonds is 2. The number of carbonyl (C=O) groups is 2. The van der Waals surface area contributed by atoms with Crippen LogP contribution in [0.1, 0.15) is 49.7 Å². The van der Waals surface area contributed by atoms with Gasteiger partial charge in [-0.15, -0.1) is 0 Å². The van der Waals surface area contributed by atoms with E-state index in [2.05, 4.69) is 23.2 Å².